The lowest BCUT2D eigenvalue weighted by Gasteiger charge is -1.87. The van der Waals surface area contributed by atoms with Gasteiger partial charge in [0.25, 0.3) is 0 Å². The fourth-order valence-electron chi connectivity index (χ4n) is 0.959. The van der Waals surface area contributed by atoms with Crippen LogP contribution >= 0.6 is 0 Å². The molecule has 0 aliphatic carbocycles. The molecule has 0 fully saturated rings. The van der Waals surface area contributed by atoms with E-state index in [2.05, 4.69) is 0 Å². The molecular weight excluding hydrogens is 172 g/mol. The summed E-state index contributed by atoms with van der Waals surface area (Å²) >= 11 is 0. The van der Waals surface area contributed by atoms with E-state index in [1.54, 1.807) is 0 Å². The van der Waals surface area contributed by atoms with Gasteiger partial charge in [-0.25, -0.2) is 5.11 Å². The van der Waals surface area contributed by atoms with E-state index in [4.69, 9.17) is 0 Å². The van der Waals surface area contributed by atoms with E-state index in [1.165, 1.54) is 0 Å². The Kier molecular flexibility index (Phi) is 5.14. The fraction of sp³-hybridized carbons (Fsp3) is 0.0769. The van der Waals surface area contributed by atoms with Gasteiger partial charge in [-0.15, -0.1) is 0 Å². The molecule has 0 heterocycles. The maximum Gasteiger partial charge on any atom is 0.107 e. The Morgan fingerprint density at radius 3 is 1.29 bits per heavy atom. The van der Waals surface area contributed by atoms with E-state index in [0.717, 1.165) is 5.56 Å². The van der Waals surface area contributed by atoms with Gasteiger partial charge >= 0.3 is 0 Å². The van der Waals surface area contributed by atoms with Crippen LogP contribution in [0.5, 0.6) is 0 Å². The zero-order chi connectivity index (χ0) is 10.1. The Bertz CT molecular complexity index is 289. The molecule has 0 saturated heterocycles. The Morgan fingerprint density at radius 2 is 1.00 bits per heavy atom. The molecule has 0 N–H and O–H groups in total. The summed E-state index contributed by atoms with van der Waals surface area (Å²) in [6.07, 6.45) is 0. The lowest BCUT2D eigenvalue weighted by atomic mass is 10.2. The molecule has 1 heteroatoms. The molecule has 1 radical (unpaired) electrons. The third-order valence-electron chi connectivity index (χ3n) is 1.68. The van der Waals surface area contributed by atoms with Crippen LogP contribution in [0.4, 0.5) is 0 Å². The predicted molar refractivity (Wildman–Crippen MR) is 57.3 cm³/mol. The van der Waals surface area contributed by atoms with Crippen molar-refractivity contribution in [2.24, 2.45) is 0 Å². The average molecular weight is 185 g/mol. The van der Waals surface area contributed by atoms with Crippen LogP contribution in [0.2, 0.25) is 0 Å². The summed E-state index contributed by atoms with van der Waals surface area (Å²) in [7, 11) is 0. The van der Waals surface area contributed by atoms with Crippen molar-refractivity contribution >= 4 is 0 Å². The summed E-state index contributed by atoms with van der Waals surface area (Å²) in [5.41, 5.74) is 0.854. The molecule has 0 atom stereocenters. The Labute approximate surface area is 84.7 Å². The van der Waals surface area contributed by atoms with Gasteiger partial charge in [0.1, 0.15) is 6.61 Å². The highest BCUT2D eigenvalue weighted by Gasteiger charge is 1.82. The summed E-state index contributed by atoms with van der Waals surface area (Å²) in [5.74, 6) is 0. The van der Waals surface area contributed by atoms with Gasteiger partial charge in [-0.05, 0) is 5.56 Å². The molecule has 71 valence electrons. The smallest absolute Gasteiger partial charge is 0.107 e. The van der Waals surface area contributed by atoms with Crippen molar-refractivity contribution in [1.82, 2.24) is 0 Å². The van der Waals surface area contributed by atoms with Crippen LogP contribution < -0.4 is 0 Å². The Hall–Kier alpha value is -1.60. The van der Waals surface area contributed by atoms with Gasteiger partial charge in [-0.3, -0.25) is 0 Å². The molecule has 0 bridgehead atoms. The van der Waals surface area contributed by atoms with Gasteiger partial charge in [0.15, 0.2) is 0 Å². The van der Waals surface area contributed by atoms with Crippen LogP contribution in [0.15, 0.2) is 66.7 Å². The van der Waals surface area contributed by atoms with Crippen LogP contribution in [-0.4, -0.2) is 0 Å². The zero-order valence-corrected chi connectivity index (χ0v) is 7.97. The summed E-state index contributed by atoms with van der Waals surface area (Å²) in [6.45, 7) is -0.110. The normalized spacial score (nSPS) is 8.64. The second kappa shape index (κ2) is 6.87. The van der Waals surface area contributed by atoms with Gasteiger partial charge in [0.2, 0.25) is 0 Å². The molecular formula is C13H13O. The number of hydrogen-bond donors (Lipinski definition) is 0. The third-order valence-corrected chi connectivity index (χ3v) is 1.68. The maximum absolute atomic E-state index is 10.1. The second-order valence-electron chi connectivity index (χ2n) is 2.78. The number of hydrogen-bond acceptors (Lipinski definition) is 0. The number of benzene rings is 2. The highest BCUT2D eigenvalue weighted by atomic mass is 16.3. The first-order chi connectivity index (χ1) is 6.93. The molecule has 14 heavy (non-hydrogen) atoms. The number of rotatable bonds is 1. The maximum atomic E-state index is 10.1. The summed E-state index contributed by atoms with van der Waals surface area (Å²) < 4.78 is 0. The summed E-state index contributed by atoms with van der Waals surface area (Å²) in [4.78, 5) is 0. The lowest BCUT2D eigenvalue weighted by Crippen LogP contribution is -1.75. The van der Waals surface area contributed by atoms with Crippen LogP contribution in [0.1, 0.15) is 5.56 Å². The van der Waals surface area contributed by atoms with Crippen molar-refractivity contribution in [1.29, 1.82) is 0 Å². The molecule has 0 aliphatic heterocycles. The Balaban J connectivity index is 0.000000146. The minimum atomic E-state index is -0.110. The monoisotopic (exact) mass is 185 g/mol. The van der Waals surface area contributed by atoms with Gasteiger partial charge in [0.05, 0.1) is 0 Å². The van der Waals surface area contributed by atoms with Crippen molar-refractivity contribution in [2.45, 2.75) is 6.61 Å². The van der Waals surface area contributed by atoms with Crippen LogP contribution in [0, 0.1) is 0 Å². The molecule has 0 spiro atoms. The molecule has 1 nitrogen and oxygen atoms in total. The molecule has 0 saturated carbocycles. The van der Waals surface area contributed by atoms with Gasteiger partial charge in [-0.1, -0.05) is 66.7 Å². The van der Waals surface area contributed by atoms with Crippen LogP contribution in [-0.2, 0) is 11.7 Å². The first-order valence-electron chi connectivity index (χ1n) is 4.55. The quantitative estimate of drug-likeness (QED) is 0.649. The van der Waals surface area contributed by atoms with E-state index in [0.29, 0.717) is 0 Å². The molecule has 0 unspecified atom stereocenters. The predicted octanol–water partition coefficient (Wildman–Crippen LogP) is 3.30. The van der Waals surface area contributed by atoms with Crippen molar-refractivity contribution in [3.63, 3.8) is 0 Å². The molecule has 0 aromatic heterocycles. The topological polar surface area (TPSA) is 19.9 Å². The van der Waals surface area contributed by atoms with Crippen LogP contribution in [0.3, 0.4) is 0 Å². The molecule has 0 amide bonds. The fourth-order valence-corrected chi connectivity index (χ4v) is 0.959. The standard InChI is InChI=1S/C7H7O.C6H6/c8-6-7-4-2-1-3-5-7;1-2-4-6-5-3-1/h1-5H,6H2;1-6H. The summed E-state index contributed by atoms with van der Waals surface area (Å²) in [6, 6.07) is 21.3. The van der Waals surface area contributed by atoms with Crippen molar-refractivity contribution in [3.8, 4) is 0 Å². The minimum Gasteiger partial charge on any atom is -0.232 e. The van der Waals surface area contributed by atoms with Gasteiger partial charge in [0, 0.05) is 0 Å². The summed E-state index contributed by atoms with van der Waals surface area (Å²) in [5, 5.41) is 10.1. The highest BCUT2D eigenvalue weighted by molar-refractivity contribution is 5.12. The van der Waals surface area contributed by atoms with Crippen LogP contribution in [0.25, 0.3) is 0 Å². The Morgan fingerprint density at radius 1 is 0.643 bits per heavy atom. The van der Waals surface area contributed by atoms with Gasteiger partial charge in [-0.2, -0.15) is 0 Å². The second-order valence-corrected chi connectivity index (χ2v) is 2.78. The van der Waals surface area contributed by atoms with Crippen molar-refractivity contribution in [3.05, 3.63) is 72.3 Å². The van der Waals surface area contributed by atoms with E-state index < -0.39 is 0 Å². The molecule has 2 aromatic rings. The molecule has 0 aliphatic rings. The van der Waals surface area contributed by atoms with E-state index in [1.807, 2.05) is 66.7 Å². The lowest BCUT2D eigenvalue weighted by molar-refractivity contribution is 0.177. The minimum absolute atomic E-state index is 0.110. The molecule has 2 rings (SSSR count). The molecule has 2 aromatic carbocycles. The van der Waals surface area contributed by atoms with E-state index >= 15 is 0 Å². The zero-order valence-electron chi connectivity index (χ0n) is 7.97. The average Bonchev–Trinajstić information content (AvgIpc) is 2.33. The van der Waals surface area contributed by atoms with E-state index in [9.17, 15) is 5.11 Å². The SMILES string of the molecule is [O]Cc1ccccc1.c1ccccc1. The van der Waals surface area contributed by atoms with Crippen molar-refractivity contribution < 1.29 is 5.11 Å². The van der Waals surface area contributed by atoms with Gasteiger partial charge < -0.3 is 0 Å². The largest absolute Gasteiger partial charge is 0.232 e. The first-order valence-corrected chi connectivity index (χ1v) is 4.55. The third kappa shape index (κ3) is 4.43. The highest BCUT2D eigenvalue weighted by Crippen LogP contribution is 1.95. The first kappa shape index (κ1) is 10.5. The van der Waals surface area contributed by atoms with E-state index in [-0.39, 0.29) is 6.61 Å². The van der Waals surface area contributed by atoms with Crippen molar-refractivity contribution in [2.75, 3.05) is 0 Å².